The van der Waals surface area contributed by atoms with E-state index in [0.717, 1.165) is 5.56 Å². The SMILES string of the molecule is COc1cc(C)c(S(=O)(=O)CC#N)cc1C(C)C. The third kappa shape index (κ3) is 2.82. The van der Waals surface area contributed by atoms with E-state index in [1.54, 1.807) is 32.2 Å². The summed E-state index contributed by atoms with van der Waals surface area (Å²) in [6, 6.07) is 5.02. The van der Waals surface area contributed by atoms with Crippen molar-refractivity contribution >= 4 is 9.84 Å². The maximum absolute atomic E-state index is 12.0. The monoisotopic (exact) mass is 267 g/mol. The van der Waals surface area contributed by atoms with Gasteiger partial charge >= 0.3 is 0 Å². The van der Waals surface area contributed by atoms with E-state index in [-0.39, 0.29) is 10.8 Å². The van der Waals surface area contributed by atoms with Gasteiger partial charge in [-0.15, -0.1) is 0 Å². The molecule has 98 valence electrons. The van der Waals surface area contributed by atoms with Gasteiger partial charge in [-0.05, 0) is 36.1 Å². The Morgan fingerprint density at radius 1 is 1.39 bits per heavy atom. The first-order valence-electron chi connectivity index (χ1n) is 5.61. The van der Waals surface area contributed by atoms with Crippen molar-refractivity contribution in [2.45, 2.75) is 31.6 Å². The van der Waals surface area contributed by atoms with Gasteiger partial charge in [-0.2, -0.15) is 5.26 Å². The summed E-state index contributed by atoms with van der Waals surface area (Å²) in [5.41, 5.74) is 1.44. The second-order valence-corrected chi connectivity index (χ2v) is 6.39. The fourth-order valence-corrected chi connectivity index (χ4v) is 2.98. The fraction of sp³-hybridized carbons (Fsp3) is 0.462. The summed E-state index contributed by atoms with van der Waals surface area (Å²) in [5.74, 6) is 0.326. The molecule has 0 saturated heterocycles. The number of hydrogen-bond donors (Lipinski definition) is 0. The van der Waals surface area contributed by atoms with E-state index in [1.807, 2.05) is 13.8 Å². The van der Waals surface area contributed by atoms with E-state index < -0.39 is 15.6 Å². The molecule has 0 atom stereocenters. The van der Waals surface area contributed by atoms with Gasteiger partial charge in [0.2, 0.25) is 0 Å². The highest BCUT2D eigenvalue weighted by Gasteiger charge is 2.20. The summed E-state index contributed by atoms with van der Waals surface area (Å²) in [6.07, 6.45) is 0. The van der Waals surface area contributed by atoms with Crippen molar-refractivity contribution in [1.82, 2.24) is 0 Å². The van der Waals surface area contributed by atoms with Gasteiger partial charge in [0.15, 0.2) is 9.84 Å². The minimum atomic E-state index is -3.54. The zero-order chi connectivity index (χ0) is 13.9. The Bertz CT molecular complexity index is 583. The summed E-state index contributed by atoms with van der Waals surface area (Å²) in [4.78, 5) is 0.216. The number of methoxy groups -OCH3 is 1. The lowest BCUT2D eigenvalue weighted by Gasteiger charge is -2.15. The molecule has 0 heterocycles. The van der Waals surface area contributed by atoms with Crippen molar-refractivity contribution in [2.24, 2.45) is 0 Å². The highest BCUT2D eigenvalue weighted by Crippen LogP contribution is 2.31. The molecule has 4 nitrogen and oxygen atoms in total. The number of aryl methyl sites for hydroxylation is 1. The molecule has 18 heavy (non-hydrogen) atoms. The zero-order valence-corrected chi connectivity index (χ0v) is 11.8. The second kappa shape index (κ2) is 5.40. The van der Waals surface area contributed by atoms with Crippen LogP contribution in [-0.2, 0) is 9.84 Å². The van der Waals surface area contributed by atoms with Crippen LogP contribution >= 0.6 is 0 Å². The van der Waals surface area contributed by atoms with E-state index >= 15 is 0 Å². The van der Waals surface area contributed by atoms with Gasteiger partial charge in [0.1, 0.15) is 11.5 Å². The maximum atomic E-state index is 12.0. The van der Waals surface area contributed by atoms with Crippen molar-refractivity contribution in [1.29, 1.82) is 5.26 Å². The van der Waals surface area contributed by atoms with Crippen LogP contribution in [-0.4, -0.2) is 21.3 Å². The van der Waals surface area contributed by atoms with Gasteiger partial charge in [-0.25, -0.2) is 8.42 Å². The van der Waals surface area contributed by atoms with Gasteiger partial charge < -0.3 is 4.74 Å². The molecular formula is C13H17NO3S. The minimum absolute atomic E-state index is 0.150. The van der Waals surface area contributed by atoms with E-state index in [2.05, 4.69) is 0 Å². The number of ether oxygens (including phenoxy) is 1. The highest BCUT2D eigenvalue weighted by molar-refractivity contribution is 7.91. The maximum Gasteiger partial charge on any atom is 0.191 e. The lowest BCUT2D eigenvalue weighted by molar-refractivity contribution is 0.406. The van der Waals surface area contributed by atoms with Crippen LogP contribution in [0.5, 0.6) is 5.75 Å². The number of sulfone groups is 1. The molecule has 0 radical (unpaired) electrons. The van der Waals surface area contributed by atoms with Gasteiger partial charge in [-0.3, -0.25) is 0 Å². The summed E-state index contributed by atoms with van der Waals surface area (Å²) in [5, 5.41) is 8.58. The highest BCUT2D eigenvalue weighted by atomic mass is 32.2. The number of nitriles is 1. The molecule has 0 saturated carbocycles. The third-order valence-corrected chi connectivity index (χ3v) is 4.36. The van der Waals surface area contributed by atoms with Crippen LogP contribution in [0, 0.1) is 18.3 Å². The Morgan fingerprint density at radius 2 is 2.00 bits per heavy atom. The molecule has 5 heteroatoms. The first kappa shape index (κ1) is 14.5. The third-order valence-electron chi connectivity index (χ3n) is 2.74. The minimum Gasteiger partial charge on any atom is -0.496 e. The molecule has 0 aromatic heterocycles. The Hall–Kier alpha value is -1.54. The van der Waals surface area contributed by atoms with Crippen LogP contribution in [0.1, 0.15) is 30.9 Å². The Morgan fingerprint density at radius 3 is 2.44 bits per heavy atom. The van der Waals surface area contributed by atoms with E-state index in [1.165, 1.54) is 0 Å². The average Bonchev–Trinajstić information content (AvgIpc) is 2.27. The molecule has 0 aliphatic rings. The van der Waals surface area contributed by atoms with Gasteiger partial charge in [0, 0.05) is 0 Å². The normalized spacial score (nSPS) is 11.3. The number of benzene rings is 1. The summed E-state index contributed by atoms with van der Waals surface area (Å²) in [7, 11) is -1.98. The quantitative estimate of drug-likeness (QED) is 0.840. The average molecular weight is 267 g/mol. The fourth-order valence-electron chi connectivity index (χ4n) is 1.80. The van der Waals surface area contributed by atoms with Crippen LogP contribution in [0.4, 0.5) is 0 Å². The van der Waals surface area contributed by atoms with Crippen molar-refractivity contribution in [3.05, 3.63) is 23.3 Å². The lowest BCUT2D eigenvalue weighted by atomic mass is 10.0. The molecule has 0 aliphatic carbocycles. The Kier molecular flexibility index (Phi) is 4.36. The van der Waals surface area contributed by atoms with Crippen LogP contribution in [0.15, 0.2) is 17.0 Å². The molecule has 0 unspecified atom stereocenters. The molecule has 0 amide bonds. The molecule has 0 fully saturated rings. The van der Waals surface area contributed by atoms with Crippen molar-refractivity contribution in [3.8, 4) is 11.8 Å². The topological polar surface area (TPSA) is 67.2 Å². The molecule has 0 bridgehead atoms. The number of hydrogen-bond acceptors (Lipinski definition) is 4. The first-order valence-corrected chi connectivity index (χ1v) is 7.27. The predicted molar refractivity (Wildman–Crippen MR) is 69.5 cm³/mol. The number of rotatable bonds is 4. The van der Waals surface area contributed by atoms with Crippen molar-refractivity contribution in [3.63, 3.8) is 0 Å². The van der Waals surface area contributed by atoms with E-state index in [0.29, 0.717) is 11.3 Å². The van der Waals surface area contributed by atoms with Crippen molar-refractivity contribution < 1.29 is 13.2 Å². The van der Waals surface area contributed by atoms with Crippen LogP contribution in [0.2, 0.25) is 0 Å². The van der Waals surface area contributed by atoms with Gasteiger partial charge in [0.25, 0.3) is 0 Å². The second-order valence-electron chi connectivity index (χ2n) is 4.43. The molecule has 1 aromatic carbocycles. The van der Waals surface area contributed by atoms with Crippen LogP contribution < -0.4 is 4.74 Å². The summed E-state index contributed by atoms with van der Waals surface area (Å²) in [6.45, 7) is 5.64. The molecular weight excluding hydrogens is 250 g/mol. The van der Waals surface area contributed by atoms with Crippen LogP contribution in [0.25, 0.3) is 0 Å². The van der Waals surface area contributed by atoms with Gasteiger partial charge in [-0.1, -0.05) is 13.8 Å². The van der Waals surface area contributed by atoms with Gasteiger partial charge in [0.05, 0.1) is 18.1 Å². The standard InChI is InChI=1S/C13H17NO3S/c1-9(2)11-8-13(18(15,16)6-5-14)10(3)7-12(11)17-4/h7-9H,6H2,1-4H3. The lowest BCUT2D eigenvalue weighted by Crippen LogP contribution is -2.09. The van der Waals surface area contributed by atoms with Crippen LogP contribution in [0.3, 0.4) is 0 Å². The van der Waals surface area contributed by atoms with E-state index in [9.17, 15) is 8.42 Å². The molecule has 0 spiro atoms. The largest absolute Gasteiger partial charge is 0.496 e. The molecule has 1 rings (SSSR count). The van der Waals surface area contributed by atoms with E-state index in [4.69, 9.17) is 10.00 Å². The van der Waals surface area contributed by atoms with Crippen molar-refractivity contribution in [2.75, 3.05) is 12.9 Å². The molecule has 0 N–H and O–H groups in total. The molecule has 0 aliphatic heterocycles. The number of nitrogens with zero attached hydrogens (tertiary/aromatic N) is 1. The molecule has 1 aromatic rings. The Balaban J connectivity index is 3.49. The predicted octanol–water partition coefficient (Wildman–Crippen LogP) is 2.42. The smallest absolute Gasteiger partial charge is 0.191 e. The zero-order valence-electron chi connectivity index (χ0n) is 11.0. The summed E-state index contributed by atoms with van der Waals surface area (Å²) < 4.78 is 29.2. The first-order chi connectivity index (χ1) is 8.33. The Labute approximate surface area is 108 Å². The summed E-state index contributed by atoms with van der Waals surface area (Å²) >= 11 is 0.